The first-order valence-electron chi connectivity index (χ1n) is 16.0. The van der Waals surface area contributed by atoms with Crippen LogP contribution >= 0.6 is 27.3 Å². The topological polar surface area (TPSA) is 74.8 Å². The van der Waals surface area contributed by atoms with Gasteiger partial charge in [-0.3, -0.25) is 9.36 Å². The molecular formula is C39H34BrN3O4S. The Balaban J connectivity index is 1.42. The van der Waals surface area contributed by atoms with Crippen molar-refractivity contribution in [2.24, 2.45) is 4.99 Å². The van der Waals surface area contributed by atoms with Crippen molar-refractivity contribution in [1.29, 1.82) is 0 Å². The maximum absolute atomic E-state index is 14.5. The second-order valence-electron chi connectivity index (χ2n) is 11.7. The van der Waals surface area contributed by atoms with Crippen molar-refractivity contribution in [2.45, 2.75) is 39.3 Å². The summed E-state index contributed by atoms with van der Waals surface area (Å²) in [4.78, 5) is 33.6. The molecule has 2 aromatic heterocycles. The molecule has 9 heteroatoms. The normalized spacial score (nSPS) is 14.8. The minimum Gasteiger partial charge on any atom is -0.496 e. The van der Waals surface area contributed by atoms with E-state index in [1.165, 1.54) is 27.7 Å². The third-order valence-corrected chi connectivity index (χ3v) is 10.2. The van der Waals surface area contributed by atoms with Crippen LogP contribution < -0.4 is 19.6 Å². The zero-order valence-corrected chi connectivity index (χ0v) is 29.3. The Hall–Kier alpha value is -4.73. The molecule has 4 aromatic carbocycles. The van der Waals surface area contributed by atoms with Crippen LogP contribution in [-0.4, -0.2) is 28.8 Å². The van der Waals surface area contributed by atoms with Gasteiger partial charge in [-0.15, -0.1) is 0 Å². The number of esters is 1. The molecule has 0 bridgehead atoms. The van der Waals surface area contributed by atoms with Gasteiger partial charge < -0.3 is 14.0 Å². The molecule has 3 heterocycles. The van der Waals surface area contributed by atoms with Crippen molar-refractivity contribution in [3.05, 3.63) is 143 Å². The van der Waals surface area contributed by atoms with E-state index in [1.807, 2.05) is 43.3 Å². The summed E-state index contributed by atoms with van der Waals surface area (Å²) in [5.41, 5.74) is 4.68. The van der Waals surface area contributed by atoms with Gasteiger partial charge in [0.1, 0.15) is 11.8 Å². The quantitative estimate of drug-likeness (QED) is 0.145. The van der Waals surface area contributed by atoms with E-state index in [0.29, 0.717) is 44.9 Å². The van der Waals surface area contributed by atoms with Crippen LogP contribution in [0.4, 0.5) is 0 Å². The zero-order valence-electron chi connectivity index (χ0n) is 26.9. The second kappa shape index (κ2) is 13.4. The number of nitrogens with zero attached hydrogens (tertiary/aromatic N) is 3. The molecule has 0 N–H and O–H groups in total. The molecule has 0 amide bonds. The van der Waals surface area contributed by atoms with Crippen LogP contribution in [-0.2, 0) is 16.1 Å². The van der Waals surface area contributed by atoms with E-state index < -0.39 is 12.0 Å². The summed E-state index contributed by atoms with van der Waals surface area (Å²) in [7, 11) is 1.59. The Kier molecular flexibility index (Phi) is 8.90. The summed E-state index contributed by atoms with van der Waals surface area (Å²) in [6.45, 7) is 4.71. The van der Waals surface area contributed by atoms with Crippen LogP contribution in [0.15, 0.2) is 117 Å². The Bertz CT molecular complexity index is 2410. The number of carbonyl (C=O) groups excluding carboxylic acids is 1. The molecule has 0 saturated heterocycles. The molecule has 0 aliphatic carbocycles. The van der Waals surface area contributed by atoms with Gasteiger partial charge in [0, 0.05) is 39.2 Å². The summed E-state index contributed by atoms with van der Waals surface area (Å²) < 4.78 is 16.5. The number of fused-ring (bicyclic) bond motifs is 3. The van der Waals surface area contributed by atoms with Crippen molar-refractivity contribution in [1.82, 2.24) is 9.13 Å². The van der Waals surface area contributed by atoms with Crippen molar-refractivity contribution < 1.29 is 14.3 Å². The molecule has 0 unspecified atom stereocenters. The number of ether oxygens (including phenoxy) is 2. The van der Waals surface area contributed by atoms with Gasteiger partial charge in [0.2, 0.25) is 0 Å². The van der Waals surface area contributed by atoms with Crippen LogP contribution in [0.25, 0.3) is 27.8 Å². The van der Waals surface area contributed by atoms with E-state index >= 15 is 0 Å². The van der Waals surface area contributed by atoms with Gasteiger partial charge in [0.15, 0.2) is 4.80 Å². The highest BCUT2D eigenvalue weighted by atomic mass is 79.9. The van der Waals surface area contributed by atoms with Crippen molar-refractivity contribution in [2.75, 3.05) is 13.7 Å². The molecule has 242 valence electrons. The predicted molar refractivity (Wildman–Crippen MR) is 195 cm³/mol. The lowest BCUT2D eigenvalue weighted by molar-refractivity contribution is -0.139. The lowest BCUT2D eigenvalue weighted by Crippen LogP contribution is -2.40. The van der Waals surface area contributed by atoms with E-state index in [4.69, 9.17) is 14.5 Å². The molecule has 0 fully saturated rings. The van der Waals surface area contributed by atoms with E-state index in [2.05, 4.69) is 81.3 Å². The van der Waals surface area contributed by atoms with Crippen LogP contribution in [0.5, 0.6) is 5.75 Å². The van der Waals surface area contributed by atoms with E-state index in [-0.39, 0.29) is 12.2 Å². The number of benzene rings is 4. The van der Waals surface area contributed by atoms with Gasteiger partial charge in [-0.25, -0.2) is 9.79 Å². The maximum atomic E-state index is 14.5. The Labute approximate surface area is 290 Å². The predicted octanol–water partition coefficient (Wildman–Crippen LogP) is 7.51. The first kappa shape index (κ1) is 31.8. The molecule has 7 rings (SSSR count). The van der Waals surface area contributed by atoms with Crippen LogP contribution in [0, 0.1) is 0 Å². The fourth-order valence-corrected chi connectivity index (χ4v) is 8.00. The first-order chi connectivity index (χ1) is 23.4. The third-order valence-electron chi connectivity index (χ3n) is 8.71. The lowest BCUT2D eigenvalue weighted by Gasteiger charge is -2.27. The highest BCUT2D eigenvalue weighted by Gasteiger charge is 2.36. The minimum atomic E-state index is -0.774. The fourth-order valence-electron chi connectivity index (χ4n) is 6.61. The van der Waals surface area contributed by atoms with E-state index in [1.54, 1.807) is 18.6 Å². The number of para-hydroxylation sites is 1. The summed E-state index contributed by atoms with van der Waals surface area (Å²) in [5, 5.41) is 3.47. The molecule has 0 saturated carbocycles. The molecule has 0 spiro atoms. The van der Waals surface area contributed by atoms with E-state index in [9.17, 15) is 9.59 Å². The highest BCUT2D eigenvalue weighted by Crippen LogP contribution is 2.38. The largest absolute Gasteiger partial charge is 0.496 e. The number of halogens is 1. The van der Waals surface area contributed by atoms with Gasteiger partial charge in [0.05, 0.1) is 29.5 Å². The number of allylic oxidation sites excluding steroid dienone is 1. The highest BCUT2D eigenvalue weighted by molar-refractivity contribution is 9.10. The fraction of sp³-hybridized carbons (Fsp3) is 0.205. The minimum absolute atomic E-state index is 0.206. The van der Waals surface area contributed by atoms with Gasteiger partial charge >= 0.3 is 5.97 Å². The lowest BCUT2D eigenvalue weighted by atomic mass is 9.93. The Morgan fingerprint density at radius 3 is 2.56 bits per heavy atom. The number of hydrogen-bond acceptors (Lipinski definition) is 6. The van der Waals surface area contributed by atoms with Crippen LogP contribution in [0.2, 0.25) is 0 Å². The SMILES string of the molecule is CCCC1=C(C(=O)OCC)[C@H](c2cc(Br)ccc2OC)n2c(s/c(=C/c3cn(Cc4cccc5ccccc45)c4ccccc34)c2=O)=N1. The number of thiazole rings is 1. The number of hydrogen-bond donors (Lipinski definition) is 0. The van der Waals surface area contributed by atoms with Gasteiger partial charge in [-0.05, 0) is 60.0 Å². The van der Waals surface area contributed by atoms with Gasteiger partial charge in [0.25, 0.3) is 5.56 Å². The average Bonchev–Trinajstić information content (AvgIpc) is 3.60. The first-order valence-corrected chi connectivity index (χ1v) is 17.6. The number of methoxy groups -OCH3 is 1. The molecule has 6 aromatic rings. The van der Waals surface area contributed by atoms with Crippen LogP contribution in [0.1, 0.15) is 49.4 Å². The monoisotopic (exact) mass is 719 g/mol. The standard InChI is InChI=1S/C39H34BrN3O4S/c1-4-11-31-35(38(45)47-5-2)36(30-21-27(40)18-19-33(30)46-3)43-37(44)34(48-39(43)41-31)20-26-23-42(32-17-9-8-16-29(26)32)22-25-14-10-13-24-12-6-7-15-28(24)25/h6-10,12-21,23,36H,4-5,11,22H2,1-3H3/b34-20+/t36-/m0/s1. The molecule has 48 heavy (non-hydrogen) atoms. The summed E-state index contributed by atoms with van der Waals surface area (Å²) in [5.74, 6) is 0.0800. The molecule has 1 aliphatic heterocycles. The summed E-state index contributed by atoms with van der Waals surface area (Å²) in [6.07, 6.45) is 5.41. The van der Waals surface area contributed by atoms with Crippen molar-refractivity contribution in [3.63, 3.8) is 0 Å². The van der Waals surface area contributed by atoms with E-state index in [0.717, 1.165) is 27.4 Å². The van der Waals surface area contributed by atoms with Gasteiger partial charge in [-0.2, -0.15) is 0 Å². The Morgan fingerprint density at radius 1 is 1.00 bits per heavy atom. The molecule has 1 atom stereocenters. The Morgan fingerprint density at radius 2 is 1.77 bits per heavy atom. The molecule has 7 nitrogen and oxygen atoms in total. The zero-order chi connectivity index (χ0) is 33.4. The van der Waals surface area contributed by atoms with Crippen molar-refractivity contribution >= 4 is 61.0 Å². The summed E-state index contributed by atoms with van der Waals surface area (Å²) in [6, 6.07) is 27.9. The number of carbonyl (C=O) groups is 1. The molecular weight excluding hydrogens is 686 g/mol. The summed E-state index contributed by atoms with van der Waals surface area (Å²) >= 11 is 4.92. The smallest absolute Gasteiger partial charge is 0.338 e. The van der Waals surface area contributed by atoms with Gasteiger partial charge in [-0.1, -0.05) is 101 Å². The number of aromatic nitrogens is 2. The third kappa shape index (κ3) is 5.71. The average molecular weight is 721 g/mol. The number of rotatable bonds is 9. The van der Waals surface area contributed by atoms with Crippen LogP contribution in [0.3, 0.4) is 0 Å². The molecule has 0 radical (unpaired) electrons. The molecule has 1 aliphatic rings. The second-order valence-corrected chi connectivity index (χ2v) is 13.6. The van der Waals surface area contributed by atoms with Crippen molar-refractivity contribution in [3.8, 4) is 5.75 Å². The maximum Gasteiger partial charge on any atom is 0.338 e.